The van der Waals surface area contributed by atoms with Gasteiger partial charge in [-0.15, -0.1) is 0 Å². The highest BCUT2D eigenvalue weighted by Crippen LogP contribution is 2.54. The first-order valence-corrected chi connectivity index (χ1v) is 12.5. The second kappa shape index (κ2) is 8.02. The molecule has 1 heterocycles. The minimum atomic E-state index is -3.97. The molecule has 1 aromatic rings. The molecule has 31 heavy (non-hydrogen) atoms. The number of hydrogen-bond donors (Lipinski definition) is 3. The van der Waals surface area contributed by atoms with E-state index in [0.29, 0.717) is 28.6 Å². The van der Waals surface area contributed by atoms with E-state index in [1.165, 1.54) is 19.3 Å². The first-order chi connectivity index (χ1) is 14.1. The molecule has 3 rings (SSSR count). The van der Waals surface area contributed by atoms with Crippen LogP contribution in [0.4, 0.5) is 0 Å². The van der Waals surface area contributed by atoms with Gasteiger partial charge in [-0.1, -0.05) is 36.7 Å². The smallest absolute Gasteiger partial charge is 0.244 e. The number of nitrogens with one attached hydrogen (secondary N) is 1. The summed E-state index contributed by atoms with van der Waals surface area (Å²) in [5.41, 5.74) is -1.53. The lowest BCUT2D eigenvalue weighted by Gasteiger charge is -2.39. The predicted octanol–water partition coefficient (Wildman–Crippen LogP) is 3.44. The van der Waals surface area contributed by atoms with Gasteiger partial charge < -0.3 is 19.7 Å². The summed E-state index contributed by atoms with van der Waals surface area (Å²) in [6.07, 6.45) is 1.35. The quantitative estimate of drug-likeness (QED) is 0.533. The summed E-state index contributed by atoms with van der Waals surface area (Å²) in [4.78, 5) is -0.0211. The molecule has 1 aliphatic carbocycles. The van der Waals surface area contributed by atoms with Crippen molar-refractivity contribution >= 4 is 26.0 Å². The molecule has 174 valence electrons. The first kappa shape index (κ1) is 24.5. The van der Waals surface area contributed by atoms with Gasteiger partial charge in [0.05, 0.1) is 19.5 Å². The maximum absolute atomic E-state index is 13.5. The summed E-state index contributed by atoms with van der Waals surface area (Å²) < 4.78 is 41.8. The number of hydrogen-bond acceptors (Lipinski definition) is 6. The van der Waals surface area contributed by atoms with E-state index >= 15 is 0 Å². The lowest BCUT2D eigenvalue weighted by atomic mass is 9.74. The zero-order valence-electron chi connectivity index (χ0n) is 18.8. The summed E-state index contributed by atoms with van der Waals surface area (Å²) in [7, 11) is -2.46. The molecule has 0 radical (unpaired) electrons. The Morgan fingerprint density at radius 2 is 1.94 bits per heavy atom. The molecule has 1 aromatic carbocycles. The Morgan fingerprint density at radius 1 is 1.29 bits per heavy atom. The van der Waals surface area contributed by atoms with Gasteiger partial charge in [0.15, 0.2) is 5.60 Å². The zero-order valence-corrected chi connectivity index (χ0v) is 21.2. The summed E-state index contributed by atoms with van der Waals surface area (Å²) in [6.45, 7) is 9.40. The van der Waals surface area contributed by atoms with Crippen LogP contribution < -0.4 is 9.46 Å². The number of benzene rings is 1. The third kappa shape index (κ3) is 4.66. The molecule has 0 amide bonds. The van der Waals surface area contributed by atoms with Crippen LogP contribution in [-0.4, -0.2) is 49.6 Å². The normalized spacial score (nSPS) is 26.0. The Morgan fingerprint density at radius 3 is 2.48 bits per heavy atom. The number of aliphatic hydroxyl groups is 2. The fourth-order valence-electron chi connectivity index (χ4n) is 4.98. The Kier molecular flexibility index (Phi) is 6.34. The van der Waals surface area contributed by atoms with Crippen molar-refractivity contribution in [1.29, 1.82) is 0 Å². The highest BCUT2D eigenvalue weighted by atomic mass is 79.9. The summed E-state index contributed by atoms with van der Waals surface area (Å²) >= 11 is 3.42. The minimum Gasteiger partial charge on any atom is -0.501 e. The Labute approximate surface area is 193 Å². The van der Waals surface area contributed by atoms with E-state index in [2.05, 4.69) is 41.4 Å². The number of halogens is 1. The molecule has 0 aromatic heterocycles. The van der Waals surface area contributed by atoms with Gasteiger partial charge in [0.25, 0.3) is 0 Å². The zero-order chi connectivity index (χ0) is 23.4. The molecular weight excluding hydrogens is 486 g/mol. The molecular formula is C22H32BrNO6S. The highest BCUT2D eigenvalue weighted by Gasteiger charge is 2.56. The molecule has 3 atom stereocenters. The summed E-state index contributed by atoms with van der Waals surface area (Å²) in [6, 6.07) is 3.27. The van der Waals surface area contributed by atoms with Gasteiger partial charge in [-0.3, -0.25) is 0 Å². The lowest BCUT2D eigenvalue weighted by Crippen LogP contribution is -2.53. The van der Waals surface area contributed by atoms with Crippen LogP contribution in [-0.2, 0) is 14.8 Å². The molecule has 2 aliphatic rings. The standard InChI is InChI=1S/C22H32BrNO6S/c1-20(2,3)11-21(4,5)24-31(27,28)17-8-13(23)7-15-16-9-14(29-6)10-18(26)22(16,12-25)30-19(15)17/h7-8,10,16,18,24-26H,9,11-12H2,1-6H3/t16-,18-,22+/m0/s1. The maximum atomic E-state index is 13.5. The van der Waals surface area contributed by atoms with Crippen LogP contribution in [0.5, 0.6) is 5.75 Å². The van der Waals surface area contributed by atoms with Crippen molar-refractivity contribution in [3.8, 4) is 5.75 Å². The number of rotatable bonds is 6. The SMILES string of the molecule is COC1=C[C@H](O)[C@]2(CO)Oc3c(cc(Br)cc3S(=O)(=O)NC(C)(C)CC(C)(C)C)[C@@H]2C1. The topological polar surface area (TPSA) is 105 Å². The van der Waals surface area contributed by atoms with Crippen molar-refractivity contribution in [2.75, 3.05) is 13.7 Å². The largest absolute Gasteiger partial charge is 0.501 e. The Bertz CT molecular complexity index is 998. The molecule has 3 N–H and O–H groups in total. The molecule has 9 heteroatoms. The fraction of sp³-hybridized carbons (Fsp3) is 0.636. The van der Waals surface area contributed by atoms with Gasteiger partial charge in [0.1, 0.15) is 16.7 Å². The van der Waals surface area contributed by atoms with Crippen LogP contribution in [0.2, 0.25) is 0 Å². The average Bonchev–Trinajstić information content (AvgIpc) is 2.93. The van der Waals surface area contributed by atoms with Gasteiger partial charge in [0.2, 0.25) is 10.0 Å². The van der Waals surface area contributed by atoms with Crippen LogP contribution in [0.3, 0.4) is 0 Å². The van der Waals surface area contributed by atoms with Crippen LogP contribution in [0.25, 0.3) is 0 Å². The van der Waals surface area contributed by atoms with Crippen molar-refractivity contribution in [1.82, 2.24) is 4.72 Å². The van der Waals surface area contributed by atoms with Crippen molar-refractivity contribution in [2.45, 2.75) is 75.5 Å². The van der Waals surface area contributed by atoms with Gasteiger partial charge in [-0.05, 0) is 43.9 Å². The molecule has 7 nitrogen and oxygen atoms in total. The van der Waals surface area contributed by atoms with Gasteiger partial charge >= 0.3 is 0 Å². The second-order valence-corrected chi connectivity index (χ2v) is 12.9. The van der Waals surface area contributed by atoms with E-state index in [0.717, 1.165) is 0 Å². The average molecular weight is 518 g/mol. The summed E-state index contributed by atoms with van der Waals surface area (Å²) in [5.74, 6) is 0.259. The fourth-order valence-corrected chi connectivity index (χ4v) is 7.21. The maximum Gasteiger partial charge on any atom is 0.244 e. The van der Waals surface area contributed by atoms with E-state index in [-0.39, 0.29) is 16.1 Å². The lowest BCUT2D eigenvalue weighted by molar-refractivity contribution is -0.0783. The van der Waals surface area contributed by atoms with E-state index in [4.69, 9.17) is 9.47 Å². The van der Waals surface area contributed by atoms with Crippen molar-refractivity contribution in [3.05, 3.63) is 34.0 Å². The molecule has 0 bridgehead atoms. The molecule has 1 aliphatic heterocycles. The van der Waals surface area contributed by atoms with Crippen molar-refractivity contribution in [2.24, 2.45) is 5.41 Å². The van der Waals surface area contributed by atoms with E-state index in [1.807, 2.05) is 13.8 Å². The number of allylic oxidation sites excluding steroid dienone is 1. The summed E-state index contributed by atoms with van der Waals surface area (Å²) in [5, 5.41) is 21.0. The molecule has 0 spiro atoms. The molecule has 0 saturated heterocycles. The van der Waals surface area contributed by atoms with Crippen molar-refractivity contribution < 1.29 is 28.1 Å². The number of ether oxygens (including phenoxy) is 2. The van der Waals surface area contributed by atoms with Crippen LogP contribution in [0.15, 0.2) is 33.3 Å². The van der Waals surface area contributed by atoms with Gasteiger partial charge in [-0.2, -0.15) is 0 Å². The highest BCUT2D eigenvalue weighted by molar-refractivity contribution is 9.10. The predicted molar refractivity (Wildman–Crippen MR) is 122 cm³/mol. The van der Waals surface area contributed by atoms with E-state index < -0.39 is 39.8 Å². The van der Waals surface area contributed by atoms with Crippen LogP contribution in [0.1, 0.15) is 58.9 Å². The molecule has 0 fully saturated rings. The Balaban J connectivity index is 2.08. The number of methoxy groups -OCH3 is 1. The number of sulfonamides is 1. The number of fused-ring (bicyclic) bond motifs is 3. The molecule has 0 saturated carbocycles. The van der Waals surface area contributed by atoms with E-state index in [1.54, 1.807) is 6.07 Å². The van der Waals surface area contributed by atoms with Crippen LogP contribution >= 0.6 is 15.9 Å². The van der Waals surface area contributed by atoms with Crippen LogP contribution in [0, 0.1) is 5.41 Å². The van der Waals surface area contributed by atoms with Gasteiger partial charge in [0, 0.05) is 27.9 Å². The van der Waals surface area contributed by atoms with Crippen molar-refractivity contribution in [3.63, 3.8) is 0 Å². The third-order valence-electron chi connectivity index (χ3n) is 5.74. The minimum absolute atomic E-state index is 0.0211. The van der Waals surface area contributed by atoms with Gasteiger partial charge in [-0.25, -0.2) is 13.1 Å². The Hall–Kier alpha value is -1.13. The first-order valence-electron chi connectivity index (χ1n) is 10.2. The number of aliphatic hydroxyl groups excluding tert-OH is 2. The second-order valence-electron chi connectivity index (χ2n) is 10.3. The van der Waals surface area contributed by atoms with E-state index in [9.17, 15) is 18.6 Å². The third-order valence-corrected chi connectivity index (χ3v) is 7.90. The molecule has 0 unspecified atom stereocenters. The monoisotopic (exact) mass is 517 g/mol.